The van der Waals surface area contributed by atoms with Crippen molar-refractivity contribution in [2.75, 3.05) is 11.4 Å². The fourth-order valence-corrected chi connectivity index (χ4v) is 2.81. The van der Waals surface area contributed by atoms with Crippen molar-refractivity contribution in [2.45, 2.75) is 24.8 Å². The Kier molecular flexibility index (Phi) is 2.93. The van der Waals surface area contributed by atoms with Gasteiger partial charge in [0.05, 0.1) is 0 Å². The van der Waals surface area contributed by atoms with Crippen molar-refractivity contribution in [3.8, 4) is 0 Å². The molecule has 1 aromatic carbocycles. The minimum Gasteiger partial charge on any atom is -0.481 e. The Labute approximate surface area is 115 Å². The van der Waals surface area contributed by atoms with Gasteiger partial charge in [-0.3, -0.25) is 14.4 Å². The Morgan fingerprint density at radius 1 is 1.30 bits per heavy atom. The summed E-state index contributed by atoms with van der Waals surface area (Å²) in [5, 5.41) is 11.9. The maximum Gasteiger partial charge on any atom is 0.312 e. The number of para-hydroxylation sites is 1. The molecule has 2 N–H and O–H groups in total. The molecule has 1 unspecified atom stereocenters. The Morgan fingerprint density at radius 2 is 2.05 bits per heavy atom. The Hall–Kier alpha value is -2.37. The molecule has 0 spiro atoms. The van der Waals surface area contributed by atoms with Gasteiger partial charge in [0.2, 0.25) is 11.8 Å². The third-order valence-electron chi connectivity index (χ3n) is 3.83. The summed E-state index contributed by atoms with van der Waals surface area (Å²) in [6, 6.07) is 6.47. The summed E-state index contributed by atoms with van der Waals surface area (Å²) in [6.45, 7) is 0.125. The van der Waals surface area contributed by atoms with E-state index < -0.39 is 17.9 Å². The second kappa shape index (κ2) is 4.63. The number of carbonyl (C=O) groups excluding carboxylic acids is 2. The van der Waals surface area contributed by atoms with Gasteiger partial charge in [-0.05, 0) is 18.1 Å². The van der Waals surface area contributed by atoms with Crippen LogP contribution < -0.4 is 10.2 Å². The van der Waals surface area contributed by atoms with Crippen LogP contribution in [0.1, 0.15) is 24.3 Å². The average molecular weight is 274 g/mol. The van der Waals surface area contributed by atoms with Crippen LogP contribution in [0.25, 0.3) is 0 Å². The van der Waals surface area contributed by atoms with Crippen LogP contribution in [0, 0.1) is 0 Å². The molecule has 6 nitrogen and oxygen atoms in total. The maximum atomic E-state index is 12.4. The number of aliphatic carboxylic acids is 1. The van der Waals surface area contributed by atoms with Crippen molar-refractivity contribution in [1.82, 2.24) is 5.32 Å². The summed E-state index contributed by atoms with van der Waals surface area (Å²) in [4.78, 5) is 36.4. The monoisotopic (exact) mass is 274 g/mol. The largest absolute Gasteiger partial charge is 0.481 e. The number of nitrogens with zero attached hydrogens (tertiary/aromatic N) is 1. The molecule has 0 aliphatic carbocycles. The van der Waals surface area contributed by atoms with E-state index in [2.05, 4.69) is 5.32 Å². The zero-order valence-corrected chi connectivity index (χ0v) is 10.7. The van der Waals surface area contributed by atoms with E-state index in [9.17, 15) is 19.5 Å². The fourth-order valence-electron chi connectivity index (χ4n) is 2.81. The highest BCUT2D eigenvalue weighted by Gasteiger charge is 2.40. The molecule has 2 amide bonds. The summed E-state index contributed by atoms with van der Waals surface area (Å²) < 4.78 is 0. The molecule has 1 saturated heterocycles. The normalized spacial score (nSPS) is 24.4. The van der Waals surface area contributed by atoms with Crippen molar-refractivity contribution >= 4 is 23.5 Å². The number of carboxylic acids is 1. The third kappa shape index (κ3) is 1.93. The van der Waals surface area contributed by atoms with Gasteiger partial charge in [-0.15, -0.1) is 0 Å². The first-order valence-electron chi connectivity index (χ1n) is 6.50. The molecule has 20 heavy (non-hydrogen) atoms. The molecule has 6 heteroatoms. The van der Waals surface area contributed by atoms with Gasteiger partial charge < -0.3 is 15.3 Å². The smallest absolute Gasteiger partial charge is 0.312 e. The van der Waals surface area contributed by atoms with Crippen LogP contribution in [0.3, 0.4) is 0 Å². The number of fused-ring (bicyclic) bond motifs is 1. The molecule has 0 aromatic heterocycles. The molecule has 3 rings (SSSR count). The Bertz CT molecular complexity index is 599. The van der Waals surface area contributed by atoms with E-state index in [1.165, 1.54) is 4.90 Å². The zero-order valence-electron chi connectivity index (χ0n) is 10.7. The molecular formula is C14H14N2O4. The van der Waals surface area contributed by atoms with Crippen LogP contribution in [0.4, 0.5) is 5.69 Å². The SMILES string of the molecule is O=C1CC[C@@H](C(=O)N2CC(C(=O)O)c3ccccc32)N1. The molecule has 2 heterocycles. The lowest BCUT2D eigenvalue weighted by Crippen LogP contribution is -2.44. The van der Waals surface area contributed by atoms with Gasteiger partial charge in [0, 0.05) is 18.7 Å². The molecule has 0 bridgehead atoms. The number of carbonyl (C=O) groups is 3. The van der Waals surface area contributed by atoms with E-state index >= 15 is 0 Å². The van der Waals surface area contributed by atoms with Crippen LogP contribution in [0.2, 0.25) is 0 Å². The van der Waals surface area contributed by atoms with Crippen LogP contribution >= 0.6 is 0 Å². The van der Waals surface area contributed by atoms with Crippen LogP contribution in [-0.4, -0.2) is 35.5 Å². The van der Waals surface area contributed by atoms with E-state index in [4.69, 9.17) is 0 Å². The third-order valence-corrected chi connectivity index (χ3v) is 3.83. The summed E-state index contributed by atoms with van der Waals surface area (Å²) >= 11 is 0. The molecule has 1 fully saturated rings. The van der Waals surface area contributed by atoms with Crippen LogP contribution in [0.15, 0.2) is 24.3 Å². The minimum absolute atomic E-state index is 0.125. The van der Waals surface area contributed by atoms with Crippen molar-refractivity contribution in [3.05, 3.63) is 29.8 Å². The van der Waals surface area contributed by atoms with Gasteiger partial charge in [0.15, 0.2) is 0 Å². The second-order valence-electron chi connectivity index (χ2n) is 5.06. The van der Waals surface area contributed by atoms with Gasteiger partial charge in [-0.2, -0.15) is 0 Å². The summed E-state index contributed by atoms with van der Waals surface area (Å²) in [7, 11) is 0. The average Bonchev–Trinajstić information content (AvgIpc) is 3.02. The first-order valence-corrected chi connectivity index (χ1v) is 6.50. The maximum absolute atomic E-state index is 12.4. The fraction of sp³-hybridized carbons (Fsp3) is 0.357. The first kappa shape index (κ1) is 12.7. The summed E-state index contributed by atoms with van der Waals surface area (Å²) in [5.74, 6) is -2.01. The van der Waals surface area contributed by atoms with Crippen molar-refractivity contribution in [3.63, 3.8) is 0 Å². The van der Waals surface area contributed by atoms with Crippen molar-refractivity contribution in [2.24, 2.45) is 0 Å². The number of hydrogen-bond acceptors (Lipinski definition) is 3. The summed E-state index contributed by atoms with van der Waals surface area (Å²) in [6.07, 6.45) is 0.808. The lowest BCUT2D eigenvalue weighted by Gasteiger charge is -2.21. The predicted molar refractivity (Wildman–Crippen MR) is 70.3 cm³/mol. The minimum atomic E-state index is -0.941. The van der Waals surface area contributed by atoms with Crippen LogP contribution in [0.5, 0.6) is 0 Å². The topological polar surface area (TPSA) is 86.7 Å². The number of carboxylic acid groups (broad SMARTS) is 1. The number of nitrogens with one attached hydrogen (secondary N) is 1. The molecule has 2 aliphatic heterocycles. The molecule has 1 aromatic rings. The Morgan fingerprint density at radius 3 is 2.70 bits per heavy atom. The highest BCUT2D eigenvalue weighted by molar-refractivity contribution is 6.04. The zero-order chi connectivity index (χ0) is 14.3. The van der Waals surface area contributed by atoms with Crippen LogP contribution in [-0.2, 0) is 14.4 Å². The number of benzene rings is 1. The van der Waals surface area contributed by atoms with Gasteiger partial charge in [-0.25, -0.2) is 0 Å². The molecule has 0 saturated carbocycles. The quantitative estimate of drug-likeness (QED) is 0.821. The molecule has 2 atom stereocenters. The number of amides is 2. The standard InChI is InChI=1S/C14H14N2O4/c17-12-6-5-10(15-12)13(18)16-7-9(14(19)20)8-3-1-2-4-11(8)16/h1-4,9-10H,5-7H2,(H,15,17)(H,19,20)/t9?,10-/m0/s1. The van der Waals surface area contributed by atoms with E-state index in [0.717, 1.165) is 0 Å². The predicted octanol–water partition coefficient (Wildman–Crippen LogP) is 0.480. The van der Waals surface area contributed by atoms with E-state index in [-0.39, 0.29) is 18.4 Å². The van der Waals surface area contributed by atoms with Crippen molar-refractivity contribution in [1.29, 1.82) is 0 Å². The lowest BCUT2D eigenvalue weighted by atomic mass is 10.0. The molecule has 2 aliphatic rings. The number of hydrogen-bond donors (Lipinski definition) is 2. The number of rotatable bonds is 2. The second-order valence-corrected chi connectivity index (χ2v) is 5.06. The molecule has 0 radical (unpaired) electrons. The van der Waals surface area contributed by atoms with E-state index in [1.807, 2.05) is 0 Å². The number of anilines is 1. The van der Waals surface area contributed by atoms with Gasteiger partial charge >= 0.3 is 5.97 Å². The Balaban J connectivity index is 1.90. The van der Waals surface area contributed by atoms with Gasteiger partial charge in [0.1, 0.15) is 12.0 Å². The molecule has 104 valence electrons. The highest BCUT2D eigenvalue weighted by Crippen LogP contribution is 2.36. The van der Waals surface area contributed by atoms with E-state index in [0.29, 0.717) is 24.1 Å². The molecular weight excluding hydrogens is 260 g/mol. The van der Waals surface area contributed by atoms with E-state index in [1.54, 1.807) is 24.3 Å². The van der Waals surface area contributed by atoms with Gasteiger partial charge in [0.25, 0.3) is 0 Å². The van der Waals surface area contributed by atoms with Gasteiger partial charge in [-0.1, -0.05) is 18.2 Å². The first-order chi connectivity index (χ1) is 9.58. The lowest BCUT2D eigenvalue weighted by molar-refractivity contribution is -0.138. The van der Waals surface area contributed by atoms with Crippen molar-refractivity contribution < 1.29 is 19.5 Å². The highest BCUT2D eigenvalue weighted by atomic mass is 16.4. The summed E-state index contributed by atoms with van der Waals surface area (Å²) in [5.41, 5.74) is 1.28.